The molecule has 1 saturated heterocycles. The minimum absolute atomic E-state index is 0.170. The van der Waals surface area contributed by atoms with Crippen LogP contribution in [0.3, 0.4) is 0 Å². The summed E-state index contributed by atoms with van der Waals surface area (Å²) in [5.41, 5.74) is 1.14. The number of nitrogens with one attached hydrogen (secondary N) is 1. The number of thiazole rings is 1. The van der Waals surface area contributed by atoms with E-state index in [0.717, 1.165) is 12.1 Å². The van der Waals surface area contributed by atoms with Gasteiger partial charge in [0.1, 0.15) is 0 Å². The molecule has 1 atom stereocenters. The highest BCUT2D eigenvalue weighted by Crippen LogP contribution is 2.31. The number of nitriles is 1. The number of nitrogens with zero attached hydrogens (tertiary/aromatic N) is 2. The SMILES string of the molecule is C[C@H](C#N)C[NH+]1CCC(c2nc3ccccc3s2)CC1. The molecule has 0 amide bonds. The van der Waals surface area contributed by atoms with Crippen LogP contribution in [0.15, 0.2) is 24.3 Å². The van der Waals surface area contributed by atoms with Crippen LogP contribution < -0.4 is 4.90 Å². The van der Waals surface area contributed by atoms with Crippen molar-refractivity contribution in [2.24, 2.45) is 5.92 Å². The van der Waals surface area contributed by atoms with Crippen molar-refractivity contribution in [3.05, 3.63) is 29.3 Å². The number of para-hydroxylation sites is 1. The van der Waals surface area contributed by atoms with E-state index in [1.165, 1.54) is 35.6 Å². The summed E-state index contributed by atoms with van der Waals surface area (Å²) in [6, 6.07) is 10.7. The van der Waals surface area contributed by atoms with Gasteiger partial charge in [-0.05, 0) is 19.1 Å². The molecule has 1 aromatic carbocycles. The van der Waals surface area contributed by atoms with Crippen LogP contribution in [0.4, 0.5) is 0 Å². The summed E-state index contributed by atoms with van der Waals surface area (Å²) in [5.74, 6) is 0.789. The summed E-state index contributed by atoms with van der Waals surface area (Å²) < 4.78 is 1.30. The van der Waals surface area contributed by atoms with Crippen molar-refractivity contribution in [1.82, 2.24) is 4.98 Å². The lowest BCUT2D eigenvalue weighted by Crippen LogP contribution is -3.13. The largest absolute Gasteiger partial charge is 0.334 e. The van der Waals surface area contributed by atoms with Gasteiger partial charge in [0.05, 0.1) is 46.8 Å². The fourth-order valence-corrected chi connectivity index (χ4v) is 4.16. The predicted molar refractivity (Wildman–Crippen MR) is 81.9 cm³/mol. The number of fused-ring (bicyclic) bond motifs is 1. The maximum atomic E-state index is 8.90. The fourth-order valence-electron chi connectivity index (χ4n) is 3.02. The van der Waals surface area contributed by atoms with Gasteiger partial charge >= 0.3 is 0 Å². The van der Waals surface area contributed by atoms with Crippen LogP contribution in [0.25, 0.3) is 10.2 Å². The van der Waals surface area contributed by atoms with Gasteiger partial charge in [0.2, 0.25) is 0 Å². The van der Waals surface area contributed by atoms with E-state index in [9.17, 15) is 0 Å². The molecule has 104 valence electrons. The lowest BCUT2D eigenvalue weighted by Gasteiger charge is -2.28. The highest BCUT2D eigenvalue weighted by Gasteiger charge is 2.26. The zero-order chi connectivity index (χ0) is 13.9. The average molecular weight is 286 g/mol. The summed E-state index contributed by atoms with van der Waals surface area (Å²) in [7, 11) is 0. The van der Waals surface area contributed by atoms with Gasteiger partial charge in [-0.25, -0.2) is 4.98 Å². The number of hydrogen-bond donors (Lipinski definition) is 1. The van der Waals surface area contributed by atoms with Crippen molar-refractivity contribution in [3.63, 3.8) is 0 Å². The Morgan fingerprint density at radius 2 is 2.15 bits per heavy atom. The van der Waals surface area contributed by atoms with Crippen LogP contribution in [0, 0.1) is 17.2 Å². The van der Waals surface area contributed by atoms with E-state index >= 15 is 0 Å². The molecule has 0 aliphatic carbocycles. The summed E-state index contributed by atoms with van der Waals surface area (Å²) in [4.78, 5) is 6.38. The minimum atomic E-state index is 0.170. The summed E-state index contributed by atoms with van der Waals surface area (Å²) >= 11 is 1.85. The number of likely N-dealkylation sites (tertiary alicyclic amines) is 1. The molecular weight excluding hydrogens is 266 g/mol. The van der Waals surface area contributed by atoms with Crippen LogP contribution >= 0.6 is 11.3 Å². The summed E-state index contributed by atoms with van der Waals surface area (Å²) in [5, 5.41) is 10.2. The first-order valence-electron chi connectivity index (χ1n) is 7.35. The second-order valence-electron chi connectivity index (χ2n) is 5.78. The van der Waals surface area contributed by atoms with Gasteiger partial charge in [-0.3, -0.25) is 0 Å². The Bertz CT molecular complexity index is 587. The molecule has 1 N–H and O–H groups in total. The summed E-state index contributed by atoms with van der Waals surface area (Å²) in [6.07, 6.45) is 2.40. The normalized spacial score (nSPS) is 24.4. The Labute approximate surface area is 123 Å². The van der Waals surface area contributed by atoms with Crippen molar-refractivity contribution in [3.8, 4) is 6.07 Å². The standard InChI is InChI=1S/C16H19N3S/c1-12(10-17)11-19-8-6-13(7-9-19)16-18-14-4-2-3-5-15(14)20-16/h2-5,12-13H,6-9,11H2,1H3/p+1/t12-/m1/s1. The molecule has 0 radical (unpaired) electrons. The van der Waals surface area contributed by atoms with Crippen LogP contribution in [0.1, 0.15) is 30.7 Å². The molecule has 0 bridgehead atoms. The lowest BCUT2D eigenvalue weighted by molar-refractivity contribution is -0.907. The van der Waals surface area contributed by atoms with E-state index in [2.05, 4.69) is 30.3 Å². The van der Waals surface area contributed by atoms with E-state index in [4.69, 9.17) is 10.2 Å². The molecule has 4 heteroatoms. The topological polar surface area (TPSA) is 41.1 Å². The first-order chi connectivity index (χ1) is 9.76. The zero-order valence-electron chi connectivity index (χ0n) is 11.8. The maximum absolute atomic E-state index is 8.90. The Morgan fingerprint density at radius 3 is 2.85 bits per heavy atom. The van der Waals surface area contributed by atoms with Gasteiger partial charge in [0.25, 0.3) is 0 Å². The third kappa shape index (κ3) is 2.84. The van der Waals surface area contributed by atoms with Gasteiger partial charge < -0.3 is 4.90 Å². The monoisotopic (exact) mass is 286 g/mol. The van der Waals surface area contributed by atoms with Gasteiger partial charge in [-0.1, -0.05) is 12.1 Å². The van der Waals surface area contributed by atoms with E-state index in [1.54, 1.807) is 4.90 Å². The van der Waals surface area contributed by atoms with Crippen molar-refractivity contribution in [2.45, 2.75) is 25.7 Å². The van der Waals surface area contributed by atoms with Gasteiger partial charge in [0, 0.05) is 18.8 Å². The van der Waals surface area contributed by atoms with Crippen LogP contribution in [0.2, 0.25) is 0 Å². The maximum Gasteiger partial charge on any atom is 0.0974 e. The predicted octanol–water partition coefficient (Wildman–Crippen LogP) is 2.22. The first-order valence-corrected chi connectivity index (χ1v) is 8.16. The highest BCUT2D eigenvalue weighted by atomic mass is 32.1. The van der Waals surface area contributed by atoms with Gasteiger partial charge in [-0.2, -0.15) is 5.26 Å². The molecule has 0 saturated carbocycles. The second kappa shape index (κ2) is 5.90. The fraction of sp³-hybridized carbons (Fsp3) is 0.500. The molecule has 2 aromatic rings. The number of piperidine rings is 1. The molecule has 0 unspecified atom stereocenters. The Kier molecular flexibility index (Phi) is 4.00. The van der Waals surface area contributed by atoms with E-state index < -0.39 is 0 Å². The molecule has 3 rings (SSSR count). The average Bonchev–Trinajstić information content (AvgIpc) is 2.91. The smallest absolute Gasteiger partial charge is 0.0974 e. The van der Waals surface area contributed by atoms with Crippen LogP contribution in [0.5, 0.6) is 0 Å². The van der Waals surface area contributed by atoms with Crippen LogP contribution in [-0.4, -0.2) is 24.6 Å². The van der Waals surface area contributed by atoms with Gasteiger partial charge in [0.15, 0.2) is 0 Å². The lowest BCUT2D eigenvalue weighted by atomic mass is 9.97. The third-order valence-electron chi connectivity index (χ3n) is 4.17. The molecule has 1 fully saturated rings. The molecule has 1 aromatic heterocycles. The van der Waals surface area contributed by atoms with E-state index in [1.807, 2.05) is 18.3 Å². The Balaban J connectivity index is 1.64. The first kappa shape index (κ1) is 13.5. The number of rotatable bonds is 3. The molecule has 3 nitrogen and oxygen atoms in total. The number of benzene rings is 1. The van der Waals surface area contributed by atoms with Crippen molar-refractivity contribution >= 4 is 21.6 Å². The second-order valence-corrected chi connectivity index (χ2v) is 6.84. The highest BCUT2D eigenvalue weighted by molar-refractivity contribution is 7.18. The number of quaternary nitrogens is 1. The van der Waals surface area contributed by atoms with Gasteiger partial charge in [-0.15, -0.1) is 11.3 Å². The molecule has 2 heterocycles. The van der Waals surface area contributed by atoms with Crippen LogP contribution in [-0.2, 0) is 0 Å². The Hall–Kier alpha value is -1.44. The van der Waals surface area contributed by atoms with Crippen molar-refractivity contribution < 1.29 is 4.90 Å². The molecule has 0 spiro atoms. The van der Waals surface area contributed by atoms with Crippen molar-refractivity contribution in [1.29, 1.82) is 5.26 Å². The van der Waals surface area contributed by atoms with E-state index in [-0.39, 0.29) is 5.92 Å². The molecule has 1 aliphatic rings. The van der Waals surface area contributed by atoms with Crippen molar-refractivity contribution in [2.75, 3.05) is 19.6 Å². The third-order valence-corrected chi connectivity index (χ3v) is 5.37. The molecule has 20 heavy (non-hydrogen) atoms. The Morgan fingerprint density at radius 1 is 1.40 bits per heavy atom. The summed E-state index contributed by atoms with van der Waals surface area (Å²) in [6.45, 7) is 5.36. The number of aromatic nitrogens is 1. The zero-order valence-corrected chi connectivity index (χ0v) is 12.6. The number of hydrogen-bond acceptors (Lipinski definition) is 3. The molecular formula is C16H20N3S+. The van der Waals surface area contributed by atoms with E-state index in [0.29, 0.717) is 5.92 Å². The minimum Gasteiger partial charge on any atom is -0.334 e. The quantitative estimate of drug-likeness (QED) is 0.940. The molecule has 1 aliphatic heterocycles.